The summed E-state index contributed by atoms with van der Waals surface area (Å²) >= 11 is 0. The number of methoxy groups -OCH3 is 2. The highest BCUT2D eigenvalue weighted by Crippen LogP contribution is 2.49. The Kier molecular flexibility index (Phi) is 4.61. The molecule has 4 nitrogen and oxygen atoms in total. The summed E-state index contributed by atoms with van der Waals surface area (Å²) in [6.45, 7) is 0.417. The van der Waals surface area contributed by atoms with E-state index in [1.54, 1.807) is 14.2 Å². The molecule has 1 N–H and O–H groups in total. The molecule has 2 aromatic carbocycles. The fourth-order valence-corrected chi connectivity index (χ4v) is 2.87. The summed E-state index contributed by atoms with van der Waals surface area (Å²) in [5.74, 6) is -1.15. The molecule has 1 amide bonds. The lowest BCUT2D eigenvalue weighted by atomic mass is 9.95. The molecule has 3 rings (SSSR count). The van der Waals surface area contributed by atoms with Crippen molar-refractivity contribution in [2.24, 2.45) is 0 Å². The van der Waals surface area contributed by atoms with Crippen molar-refractivity contribution in [3.63, 3.8) is 0 Å². The van der Waals surface area contributed by atoms with E-state index in [-0.39, 0.29) is 11.0 Å². The molecule has 1 saturated carbocycles. The fraction of sp³-hybridized carbons (Fsp3) is 0.316. The second kappa shape index (κ2) is 6.70. The van der Waals surface area contributed by atoms with Crippen molar-refractivity contribution in [2.75, 3.05) is 20.8 Å². The monoisotopic (exact) mass is 347 g/mol. The summed E-state index contributed by atoms with van der Waals surface area (Å²) in [4.78, 5) is 12.2. The molecule has 132 valence electrons. The second-order valence-electron chi connectivity index (χ2n) is 6.16. The van der Waals surface area contributed by atoms with Crippen molar-refractivity contribution in [3.8, 4) is 11.5 Å². The molecule has 0 unspecified atom stereocenters. The van der Waals surface area contributed by atoms with Crippen molar-refractivity contribution in [1.82, 2.24) is 5.32 Å². The van der Waals surface area contributed by atoms with Gasteiger partial charge in [-0.25, -0.2) is 8.78 Å². The summed E-state index contributed by atoms with van der Waals surface area (Å²) in [6.07, 6.45) is 1.86. The van der Waals surface area contributed by atoms with Gasteiger partial charge in [-0.1, -0.05) is 6.07 Å². The Morgan fingerprint density at radius 1 is 1.04 bits per heavy atom. The minimum Gasteiger partial charge on any atom is -0.493 e. The SMILES string of the molecule is COc1ccc(C2(CNC(=O)c3ccc(F)c(F)c3)CC2)cc1OC. The minimum atomic E-state index is -1.03. The van der Waals surface area contributed by atoms with Crippen molar-refractivity contribution in [3.05, 3.63) is 59.2 Å². The van der Waals surface area contributed by atoms with Gasteiger partial charge in [-0.15, -0.1) is 0 Å². The molecule has 0 atom stereocenters. The highest BCUT2D eigenvalue weighted by molar-refractivity contribution is 5.94. The molecular weight excluding hydrogens is 328 g/mol. The Labute approximate surface area is 144 Å². The number of halogens is 2. The zero-order valence-corrected chi connectivity index (χ0v) is 14.1. The Morgan fingerprint density at radius 2 is 1.76 bits per heavy atom. The minimum absolute atomic E-state index is 0.0991. The Bertz CT molecular complexity index is 803. The first-order valence-corrected chi connectivity index (χ1v) is 7.95. The van der Waals surface area contributed by atoms with Gasteiger partial charge in [0.2, 0.25) is 0 Å². The van der Waals surface area contributed by atoms with Gasteiger partial charge in [0.05, 0.1) is 14.2 Å². The summed E-state index contributed by atoms with van der Waals surface area (Å²) < 4.78 is 36.8. The van der Waals surface area contributed by atoms with Crippen molar-refractivity contribution in [2.45, 2.75) is 18.3 Å². The topological polar surface area (TPSA) is 47.6 Å². The van der Waals surface area contributed by atoms with E-state index in [0.717, 1.165) is 30.5 Å². The number of carbonyl (C=O) groups excluding carboxylic acids is 1. The summed E-state index contributed by atoms with van der Waals surface area (Å²) in [6, 6.07) is 8.83. The van der Waals surface area contributed by atoms with E-state index in [1.807, 2.05) is 18.2 Å². The lowest BCUT2D eigenvalue weighted by Crippen LogP contribution is -2.32. The molecule has 0 saturated heterocycles. The van der Waals surface area contributed by atoms with Crippen LogP contribution in [-0.2, 0) is 5.41 Å². The van der Waals surface area contributed by atoms with Gasteiger partial charge >= 0.3 is 0 Å². The molecule has 0 radical (unpaired) electrons. The van der Waals surface area contributed by atoms with Crippen LogP contribution in [0.2, 0.25) is 0 Å². The van der Waals surface area contributed by atoms with Crippen LogP contribution in [-0.4, -0.2) is 26.7 Å². The predicted octanol–water partition coefficient (Wildman–Crippen LogP) is 3.44. The molecule has 2 aromatic rings. The normalized spacial score (nSPS) is 14.7. The number of rotatable bonds is 6. The molecule has 1 fully saturated rings. The zero-order chi connectivity index (χ0) is 18.0. The first-order valence-electron chi connectivity index (χ1n) is 7.95. The second-order valence-corrected chi connectivity index (χ2v) is 6.16. The van der Waals surface area contributed by atoms with Gasteiger partial charge in [0.25, 0.3) is 5.91 Å². The van der Waals surface area contributed by atoms with Gasteiger partial charge in [0, 0.05) is 17.5 Å². The average molecular weight is 347 g/mol. The van der Waals surface area contributed by atoms with E-state index in [9.17, 15) is 13.6 Å². The van der Waals surface area contributed by atoms with Crippen molar-refractivity contribution in [1.29, 1.82) is 0 Å². The molecule has 25 heavy (non-hydrogen) atoms. The first kappa shape index (κ1) is 17.2. The van der Waals surface area contributed by atoms with Gasteiger partial charge in [0.15, 0.2) is 23.1 Å². The van der Waals surface area contributed by atoms with Gasteiger partial charge in [-0.3, -0.25) is 4.79 Å². The molecular formula is C19H19F2NO3. The number of nitrogens with one attached hydrogen (secondary N) is 1. The Hall–Kier alpha value is -2.63. The Balaban J connectivity index is 1.72. The van der Waals surface area contributed by atoms with Gasteiger partial charge < -0.3 is 14.8 Å². The van der Waals surface area contributed by atoms with Crippen LogP contribution in [0.3, 0.4) is 0 Å². The summed E-state index contributed by atoms with van der Waals surface area (Å²) in [7, 11) is 3.15. The molecule has 1 aliphatic rings. The van der Waals surface area contributed by atoms with E-state index < -0.39 is 17.5 Å². The fourth-order valence-electron chi connectivity index (χ4n) is 2.87. The predicted molar refractivity (Wildman–Crippen MR) is 89.1 cm³/mol. The molecule has 0 aliphatic heterocycles. The smallest absolute Gasteiger partial charge is 0.251 e. The van der Waals surface area contributed by atoms with E-state index in [4.69, 9.17) is 9.47 Å². The number of amides is 1. The van der Waals surface area contributed by atoms with E-state index in [1.165, 1.54) is 6.07 Å². The highest BCUT2D eigenvalue weighted by Gasteiger charge is 2.44. The third-order valence-corrected chi connectivity index (χ3v) is 4.62. The zero-order valence-electron chi connectivity index (χ0n) is 14.1. The highest BCUT2D eigenvalue weighted by atomic mass is 19.2. The van der Waals surface area contributed by atoms with Crippen molar-refractivity contribution >= 4 is 5.91 Å². The van der Waals surface area contributed by atoms with E-state index >= 15 is 0 Å². The maximum absolute atomic E-state index is 13.3. The van der Waals surface area contributed by atoms with Crippen LogP contribution in [0.15, 0.2) is 36.4 Å². The molecule has 0 bridgehead atoms. The molecule has 0 aromatic heterocycles. The first-order chi connectivity index (χ1) is 12.0. The van der Waals surface area contributed by atoms with Crippen LogP contribution in [0.5, 0.6) is 11.5 Å². The maximum Gasteiger partial charge on any atom is 0.251 e. The van der Waals surface area contributed by atoms with Gasteiger partial charge in [0.1, 0.15) is 0 Å². The quantitative estimate of drug-likeness (QED) is 0.871. The summed E-state index contributed by atoms with van der Waals surface area (Å²) in [5.41, 5.74) is 0.992. The van der Waals surface area contributed by atoms with Crippen LogP contribution in [0.1, 0.15) is 28.8 Å². The number of benzene rings is 2. The molecule has 6 heteroatoms. The standard InChI is InChI=1S/C19H19F2NO3/c1-24-16-6-4-13(10-17(16)25-2)19(7-8-19)11-22-18(23)12-3-5-14(20)15(21)9-12/h3-6,9-10H,7-8,11H2,1-2H3,(H,22,23). The third kappa shape index (κ3) is 3.43. The number of hydrogen-bond acceptors (Lipinski definition) is 3. The van der Waals surface area contributed by atoms with E-state index in [0.29, 0.717) is 18.0 Å². The lowest BCUT2D eigenvalue weighted by molar-refractivity contribution is 0.0949. The summed E-state index contributed by atoms with van der Waals surface area (Å²) in [5, 5.41) is 2.81. The largest absolute Gasteiger partial charge is 0.493 e. The van der Waals surface area contributed by atoms with Crippen LogP contribution in [0.4, 0.5) is 8.78 Å². The van der Waals surface area contributed by atoms with Gasteiger partial charge in [-0.2, -0.15) is 0 Å². The van der Waals surface area contributed by atoms with Gasteiger partial charge in [-0.05, 0) is 48.7 Å². The molecule has 0 spiro atoms. The van der Waals surface area contributed by atoms with Crippen molar-refractivity contribution < 1.29 is 23.0 Å². The van der Waals surface area contributed by atoms with Crippen LogP contribution in [0, 0.1) is 11.6 Å². The molecule has 1 aliphatic carbocycles. The van der Waals surface area contributed by atoms with Crippen LogP contribution in [0.25, 0.3) is 0 Å². The van der Waals surface area contributed by atoms with Crippen LogP contribution < -0.4 is 14.8 Å². The van der Waals surface area contributed by atoms with E-state index in [2.05, 4.69) is 5.32 Å². The maximum atomic E-state index is 13.3. The average Bonchev–Trinajstić information content (AvgIpc) is 3.42. The Morgan fingerprint density at radius 3 is 2.36 bits per heavy atom. The number of ether oxygens (including phenoxy) is 2. The third-order valence-electron chi connectivity index (χ3n) is 4.62. The number of carbonyl (C=O) groups is 1. The molecule has 0 heterocycles. The lowest BCUT2D eigenvalue weighted by Gasteiger charge is -2.18. The number of hydrogen-bond donors (Lipinski definition) is 1. The van der Waals surface area contributed by atoms with Crippen LogP contribution >= 0.6 is 0 Å².